The van der Waals surface area contributed by atoms with Crippen LogP contribution >= 0.6 is 23.2 Å². The van der Waals surface area contributed by atoms with Crippen LogP contribution in [-0.2, 0) is 6.42 Å². The number of rotatable bonds is 5. The summed E-state index contributed by atoms with van der Waals surface area (Å²) in [6.45, 7) is 0. The van der Waals surface area contributed by atoms with Crippen LogP contribution in [0.1, 0.15) is 12.3 Å². The van der Waals surface area contributed by atoms with E-state index < -0.39 is 4.92 Å². The lowest BCUT2D eigenvalue weighted by molar-refractivity contribution is -0.384. The van der Waals surface area contributed by atoms with E-state index in [4.69, 9.17) is 27.6 Å². The Morgan fingerprint density at radius 2 is 2.11 bits per heavy atom. The summed E-state index contributed by atoms with van der Waals surface area (Å²) in [5.74, 6) is 1.15. The first-order valence-electron chi connectivity index (χ1n) is 5.44. The van der Waals surface area contributed by atoms with Gasteiger partial charge in [0.2, 0.25) is 11.8 Å². The lowest BCUT2D eigenvalue weighted by Crippen LogP contribution is -1.89. The van der Waals surface area contributed by atoms with Gasteiger partial charge < -0.3 is 4.42 Å². The van der Waals surface area contributed by atoms with Crippen molar-refractivity contribution in [3.05, 3.63) is 39.2 Å². The van der Waals surface area contributed by atoms with Gasteiger partial charge in [-0.05, 0) is 12.5 Å². The molecule has 100 valence electrons. The van der Waals surface area contributed by atoms with E-state index in [-0.39, 0.29) is 16.6 Å². The van der Waals surface area contributed by atoms with Gasteiger partial charge in [0.05, 0.1) is 4.92 Å². The summed E-state index contributed by atoms with van der Waals surface area (Å²) in [7, 11) is 0. The molecule has 0 saturated heterocycles. The first-order valence-corrected chi connectivity index (χ1v) is 6.35. The van der Waals surface area contributed by atoms with Crippen molar-refractivity contribution in [1.82, 2.24) is 10.2 Å². The van der Waals surface area contributed by atoms with Gasteiger partial charge in [0.15, 0.2) is 0 Å². The first-order chi connectivity index (χ1) is 9.10. The van der Waals surface area contributed by atoms with E-state index in [1.54, 1.807) is 0 Å². The molecular weight excluding hydrogens is 293 g/mol. The van der Waals surface area contributed by atoms with E-state index in [2.05, 4.69) is 10.2 Å². The molecule has 8 heteroatoms. The Labute approximate surface area is 118 Å². The smallest absolute Gasteiger partial charge is 0.271 e. The lowest BCUT2D eigenvalue weighted by Gasteiger charge is -1.97. The molecule has 0 saturated carbocycles. The Bertz CT molecular complexity index is 601. The fraction of sp³-hybridized carbons (Fsp3) is 0.273. The Kier molecular flexibility index (Phi) is 4.34. The summed E-state index contributed by atoms with van der Waals surface area (Å²) >= 11 is 11.4. The molecule has 0 bridgehead atoms. The zero-order chi connectivity index (χ0) is 13.8. The maximum atomic E-state index is 10.7. The molecule has 2 rings (SSSR count). The third-order valence-electron chi connectivity index (χ3n) is 2.33. The SMILES string of the molecule is O=[N+]([O-])c1cc(Cl)cc(-c2nnc(CCCCl)o2)c1. The van der Waals surface area contributed by atoms with Crippen LogP contribution in [0.15, 0.2) is 22.6 Å². The van der Waals surface area contributed by atoms with Crippen molar-refractivity contribution in [3.8, 4) is 11.5 Å². The Balaban J connectivity index is 2.30. The standard InChI is InChI=1S/C11H9Cl2N3O3/c12-3-1-2-10-14-15-11(19-10)7-4-8(13)6-9(5-7)16(17)18/h4-6H,1-3H2. The van der Waals surface area contributed by atoms with Crippen molar-refractivity contribution in [2.75, 3.05) is 5.88 Å². The number of hydrogen-bond acceptors (Lipinski definition) is 5. The van der Waals surface area contributed by atoms with Crippen LogP contribution in [0.5, 0.6) is 0 Å². The van der Waals surface area contributed by atoms with Crippen molar-refractivity contribution in [3.63, 3.8) is 0 Å². The summed E-state index contributed by atoms with van der Waals surface area (Å²) < 4.78 is 5.40. The van der Waals surface area contributed by atoms with Gasteiger partial charge in [-0.1, -0.05) is 11.6 Å². The number of nitrogens with zero attached hydrogens (tertiary/aromatic N) is 3. The number of benzene rings is 1. The number of nitro benzene ring substituents is 1. The second-order valence-electron chi connectivity index (χ2n) is 3.75. The van der Waals surface area contributed by atoms with Crippen molar-refractivity contribution in [1.29, 1.82) is 0 Å². The highest BCUT2D eigenvalue weighted by molar-refractivity contribution is 6.31. The number of hydrogen-bond donors (Lipinski definition) is 0. The minimum absolute atomic E-state index is 0.122. The molecule has 0 aliphatic rings. The average molecular weight is 302 g/mol. The van der Waals surface area contributed by atoms with Gasteiger partial charge in [0.1, 0.15) is 0 Å². The van der Waals surface area contributed by atoms with Crippen LogP contribution in [0.2, 0.25) is 5.02 Å². The molecule has 19 heavy (non-hydrogen) atoms. The molecule has 0 aliphatic heterocycles. The summed E-state index contributed by atoms with van der Waals surface area (Å²) in [6.07, 6.45) is 1.29. The van der Waals surface area contributed by atoms with Gasteiger partial charge >= 0.3 is 0 Å². The number of nitro groups is 1. The molecule has 1 aromatic heterocycles. The van der Waals surface area contributed by atoms with Crippen molar-refractivity contribution in [2.24, 2.45) is 0 Å². The van der Waals surface area contributed by atoms with E-state index in [1.165, 1.54) is 18.2 Å². The zero-order valence-corrected chi connectivity index (χ0v) is 11.2. The molecule has 0 amide bonds. The Morgan fingerprint density at radius 3 is 2.79 bits per heavy atom. The summed E-state index contributed by atoms with van der Waals surface area (Å²) in [5.41, 5.74) is 0.298. The first kappa shape index (κ1) is 13.8. The van der Waals surface area contributed by atoms with Gasteiger partial charge in [-0.25, -0.2) is 0 Å². The fourth-order valence-corrected chi connectivity index (χ4v) is 1.86. The van der Waals surface area contributed by atoms with E-state index in [0.29, 0.717) is 23.8 Å². The highest BCUT2D eigenvalue weighted by atomic mass is 35.5. The predicted octanol–water partition coefficient (Wildman–Crippen LogP) is 3.47. The number of non-ortho nitro benzene ring substituents is 1. The molecule has 0 radical (unpaired) electrons. The molecule has 2 aromatic rings. The molecule has 1 aromatic carbocycles. The molecule has 0 unspecified atom stereocenters. The highest BCUT2D eigenvalue weighted by Crippen LogP contribution is 2.27. The summed E-state index contributed by atoms with van der Waals surface area (Å²) in [6, 6.07) is 4.13. The predicted molar refractivity (Wildman–Crippen MR) is 70.4 cm³/mol. The Hall–Kier alpha value is -1.66. The second kappa shape index (κ2) is 5.99. The molecule has 0 fully saturated rings. The number of halogens is 2. The van der Waals surface area contributed by atoms with Gasteiger partial charge in [-0.3, -0.25) is 10.1 Å². The third-order valence-corrected chi connectivity index (χ3v) is 2.82. The molecule has 6 nitrogen and oxygen atoms in total. The molecule has 0 spiro atoms. The van der Waals surface area contributed by atoms with Crippen LogP contribution < -0.4 is 0 Å². The van der Waals surface area contributed by atoms with Crippen LogP contribution in [0.4, 0.5) is 5.69 Å². The maximum absolute atomic E-state index is 10.7. The lowest BCUT2D eigenvalue weighted by atomic mass is 10.2. The Morgan fingerprint density at radius 1 is 1.32 bits per heavy atom. The van der Waals surface area contributed by atoms with E-state index in [9.17, 15) is 10.1 Å². The quantitative estimate of drug-likeness (QED) is 0.480. The van der Waals surface area contributed by atoms with Crippen molar-refractivity contribution >= 4 is 28.9 Å². The largest absolute Gasteiger partial charge is 0.421 e. The second-order valence-corrected chi connectivity index (χ2v) is 4.56. The fourth-order valence-electron chi connectivity index (χ4n) is 1.49. The zero-order valence-electron chi connectivity index (χ0n) is 9.68. The van der Waals surface area contributed by atoms with Crippen molar-refractivity contribution < 1.29 is 9.34 Å². The highest BCUT2D eigenvalue weighted by Gasteiger charge is 2.14. The van der Waals surface area contributed by atoms with Crippen LogP contribution in [0.3, 0.4) is 0 Å². The molecule has 0 aliphatic carbocycles. The summed E-state index contributed by atoms with van der Waals surface area (Å²) in [4.78, 5) is 10.2. The number of aromatic nitrogens is 2. The minimum atomic E-state index is -0.528. The van der Waals surface area contributed by atoms with Gasteiger partial charge in [-0.15, -0.1) is 21.8 Å². The van der Waals surface area contributed by atoms with Crippen molar-refractivity contribution in [2.45, 2.75) is 12.8 Å². The molecule has 0 N–H and O–H groups in total. The summed E-state index contributed by atoms with van der Waals surface area (Å²) in [5, 5.41) is 18.7. The maximum Gasteiger partial charge on any atom is 0.271 e. The van der Waals surface area contributed by atoms with Gasteiger partial charge in [0, 0.05) is 35.0 Å². The third kappa shape index (κ3) is 3.42. The molecule has 1 heterocycles. The minimum Gasteiger partial charge on any atom is -0.421 e. The van der Waals surface area contributed by atoms with Gasteiger partial charge in [-0.2, -0.15) is 0 Å². The topological polar surface area (TPSA) is 82.1 Å². The van der Waals surface area contributed by atoms with Crippen LogP contribution in [0.25, 0.3) is 11.5 Å². The van der Waals surface area contributed by atoms with Crippen LogP contribution in [-0.4, -0.2) is 21.0 Å². The van der Waals surface area contributed by atoms with Gasteiger partial charge in [0.25, 0.3) is 5.69 Å². The van der Waals surface area contributed by atoms with E-state index in [0.717, 1.165) is 6.42 Å². The monoisotopic (exact) mass is 301 g/mol. The average Bonchev–Trinajstić information content (AvgIpc) is 2.84. The normalized spacial score (nSPS) is 10.6. The number of alkyl halides is 1. The number of aryl methyl sites for hydroxylation is 1. The molecule has 0 atom stereocenters. The van der Waals surface area contributed by atoms with E-state index in [1.807, 2.05) is 0 Å². The molecular formula is C11H9Cl2N3O3. The van der Waals surface area contributed by atoms with E-state index >= 15 is 0 Å². The van der Waals surface area contributed by atoms with Crippen LogP contribution in [0, 0.1) is 10.1 Å².